The summed E-state index contributed by atoms with van der Waals surface area (Å²) in [7, 11) is 0. The number of ether oxygens (including phenoxy) is 2. The minimum absolute atomic E-state index is 0.214. The third kappa shape index (κ3) is 6.20. The normalized spacial score (nSPS) is 10.9. The molecular weight excluding hydrogens is 458 g/mol. The van der Waals surface area contributed by atoms with Gasteiger partial charge in [-0.3, -0.25) is 9.59 Å². The summed E-state index contributed by atoms with van der Waals surface area (Å²) in [5, 5.41) is 6.74. The van der Waals surface area contributed by atoms with Gasteiger partial charge in [-0.15, -0.1) is 0 Å². The monoisotopic (exact) mass is 479 g/mol. The molecular formula is C25H22ClN3O5. The maximum absolute atomic E-state index is 12.5. The van der Waals surface area contributed by atoms with Gasteiger partial charge >= 0.3 is 17.8 Å². The maximum atomic E-state index is 12.5. The van der Waals surface area contributed by atoms with Gasteiger partial charge in [-0.1, -0.05) is 48.0 Å². The second-order valence-electron chi connectivity index (χ2n) is 6.89. The lowest BCUT2D eigenvalue weighted by molar-refractivity contribution is -0.136. The second kappa shape index (κ2) is 11.6. The molecule has 0 atom stereocenters. The second-order valence-corrected chi connectivity index (χ2v) is 7.29. The van der Waals surface area contributed by atoms with Crippen LogP contribution in [0.3, 0.4) is 0 Å². The van der Waals surface area contributed by atoms with Gasteiger partial charge in [0.25, 0.3) is 0 Å². The fraction of sp³-hybridized carbons (Fsp3) is 0.120. The van der Waals surface area contributed by atoms with E-state index < -0.39 is 17.8 Å². The lowest BCUT2D eigenvalue weighted by Gasteiger charge is -2.11. The highest BCUT2D eigenvalue weighted by Gasteiger charge is 2.18. The van der Waals surface area contributed by atoms with E-state index in [2.05, 4.69) is 15.8 Å². The Hall–Kier alpha value is -4.17. The predicted molar refractivity (Wildman–Crippen MR) is 129 cm³/mol. The van der Waals surface area contributed by atoms with Crippen LogP contribution in [0.25, 0.3) is 0 Å². The van der Waals surface area contributed by atoms with Crippen molar-refractivity contribution < 1.29 is 23.9 Å². The van der Waals surface area contributed by atoms with Gasteiger partial charge in [0.1, 0.15) is 11.5 Å². The fourth-order valence-corrected chi connectivity index (χ4v) is 3.13. The summed E-state index contributed by atoms with van der Waals surface area (Å²) in [4.78, 5) is 37.1. The zero-order valence-electron chi connectivity index (χ0n) is 18.5. The molecule has 0 saturated heterocycles. The summed E-state index contributed by atoms with van der Waals surface area (Å²) in [6.45, 7) is 3.82. The Bertz CT molecular complexity index is 1240. The number of nitrogens with zero attached hydrogens (tertiary/aromatic N) is 1. The molecule has 34 heavy (non-hydrogen) atoms. The van der Waals surface area contributed by atoms with Gasteiger partial charge < -0.3 is 14.8 Å². The molecule has 0 heterocycles. The van der Waals surface area contributed by atoms with Crippen molar-refractivity contribution in [3.8, 4) is 11.5 Å². The van der Waals surface area contributed by atoms with Crippen LogP contribution in [0, 0.1) is 0 Å². The van der Waals surface area contributed by atoms with E-state index in [1.54, 1.807) is 79.7 Å². The highest BCUT2D eigenvalue weighted by atomic mass is 35.5. The molecule has 9 heteroatoms. The van der Waals surface area contributed by atoms with E-state index in [0.717, 1.165) is 0 Å². The molecule has 0 radical (unpaired) electrons. The Morgan fingerprint density at radius 1 is 0.853 bits per heavy atom. The molecule has 8 nitrogen and oxygen atoms in total. The van der Waals surface area contributed by atoms with Crippen molar-refractivity contribution in [2.75, 3.05) is 11.9 Å². The largest absolute Gasteiger partial charge is 0.492 e. The molecule has 0 bridgehead atoms. The molecule has 3 aromatic carbocycles. The van der Waals surface area contributed by atoms with Crippen molar-refractivity contribution >= 4 is 40.8 Å². The van der Waals surface area contributed by atoms with E-state index in [0.29, 0.717) is 29.3 Å². The van der Waals surface area contributed by atoms with Gasteiger partial charge in [-0.25, -0.2) is 10.2 Å². The van der Waals surface area contributed by atoms with Crippen molar-refractivity contribution in [1.29, 1.82) is 0 Å². The third-order valence-corrected chi connectivity index (χ3v) is 4.87. The first-order chi connectivity index (χ1) is 16.4. The van der Waals surface area contributed by atoms with Crippen LogP contribution in [0.5, 0.6) is 11.5 Å². The first kappa shape index (κ1) is 24.5. The number of para-hydroxylation sites is 3. The lowest BCUT2D eigenvalue weighted by atomic mass is 10.1. The van der Waals surface area contributed by atoms with Crippen LogP contribution >= 0.6 is 11.6 Å². The number of hydrogen-bond donors (Lipinski definition) is 2. The molecule has 0 aliphatic carbocycles. The zero-order chi connectivity index (χ0) is 24.5. The molecule has 3 rings (SSSR count). The summed E-state index contributed by atoms with van der Waals surface area (Å²) in [5.74, 6) is -1.86. The first-order valence-corrected chi connectivity index (χ1v) is 10.7. The minimum atomic E-state index is -0.976. The fourth-order valence-electron chi connectivity index (χ4n) is 2.91. The summed E-state index contributed by atoms with van der Waals surface area (Å²) in [6.07, 6.45) is 0. The van der Waals surface area contributed by atoms with Gasteiger partial charge in [-0.2, -0.15) is 5.10 Å². The first-order valence-electron chi connectivity index (χ1n) is 10.3. The molecule has 0 aromatic heterocycles. The maximum Gasteiger partial charge on any atom is 0.345 e. The summed E-state index contributed by atoms with van der Waals surface area (Å²) >= 11 is 6.07. The van der Waals surface area contributed by atoms with Crippen LogP contribution < -0.4 is 20.2 Å². The SMILES string of the molecule is CCOc1ccccc1NC(=O)C(=O)NN=C(C)c1ccccc1OC(=O)c1ccccc1Cl. The number of nitrogens with one attached hydrogen (secondary N) is 2. The zero-order valence-corrected chi connectivity index (χ0v) is 19.3. The highest BCUT2D eigenvalue weighted by Crippen LogP contribution is 2.24. The van der Waals surface area contributed by atoms with Crippen molar-refractivity contribution in [2.45, 2.75) is 13.8 Å². The van der Waals surface area contributed by atoms with Crippen molar-refractivity contribution in [2.24, 2.45) is 5.10 Å². The quantitative estimate of drug-likeness (QED) is 0.171. The summed E-state index contributed by atoms with van der Waals surface area (Å²) in [5.41, 5.74) is 3.55. The average molecular weight is 480 g/mol. The molecule has 174 valence electrons. The van der Waals surface area contributed by atoms with E-state index >= 15 is 0 Å². The van der Waals surface area contributed by atoms with Crippen LogP contribution in [0.15, 0.2) is 77.9 Å². The molecule has 0 aliphatic rings. The third-order valence-electron chi connectivity index (χ3n) is 4.54. The molecule has 3 aromatic rings. The average Bonchev–Trinajstić information content (AvgIpc) is 2.84. The van der Waals surface area contributed by atoms with E-state index in [1.807, 2.05) is 6.92 Å². The number of benzene rings is 3. The number of esters is 1. The van der Waals surface area contributed by atoms with Crippen LogP contribution in [0.2, 0.25) is 5.02 Å². The molecule has 2 N–H and O–H groups in total. The smallest absolute Gasteiger partial charge is 0.345 e. The molecule has 0 saturated carbocycles. The molecule has 2 amide bonds. The number of amides is 2. The Kier molecular flexibility index (Phi) is 8.37. The van der Waals surface area contributed by atoms with Crippen LogP contribution in [0.1, 0.15) is 29.8 Å². The highest BCUT2D eigenvalue weighted by molar-refractivity contribution is 6.39. The number of carbonyl (C=O) groups excluding carboxylic acids is 3. The topological polar surface area (TPSA) is 106 Å². The standard InChI is InChI=1S/C25H22ClN3O5/c1-3-33-22-15-9-7-13-20(22)27-23(30)24(31)29-28-16(2)17-10-5-8-14-21(17)34-25(32)18-11-4-6-12-19(18)26/h4-15H,3H2,1-2H3,(H,27,30)(H,29,31). The van der Waals surface area contributed by atoms with Gasteiger partial charge in [0.15, 0.2) is 0 Å². The summed E-state index contributed by atoms with van der Waals surface area (Å²) < 4.78 is 10.9. The number of hydrogen-bond acceptors (Lipinski definition) is 6. The number of hydrazone groups is 1. The Balaban J connectivity index is 1.70. The van der Waals surface area contributed by atoms with Crippen molar-refractivity contribution in [3.05, 3.63) is 88.9 Å². The van der Waals surface area contributed by atoms with E-state index in [-0.39, 0.29) is 16.3 Å². The van der Waals surface area contributed by atoms with Crippen molar-refractivity contribution in [3.63, 3.8) is 0 Å². The number of rotatable bonds is 7. The van der Waals surface area contributed by atoms with E-state index in [9.17, 15) is 14.4 Å². The van der Waals surface area contributed by atoms with Crippen LogP contribution in [-0.2, 0) is 9.59 Å². The molecule has 0 spiro atoms. The Morgan fingerprint density at radius 3 is 2.18 bits per heavy atom. The van der Waals surface area contributed by atoms with Gasteiger partial charge in [0, 0.05) is 5.56 Å². The predicted octanol–water partition coefficient (Wildman–Crippen LogP) is 4.44. The molecule has 0 aliphatic heterocycles. The van der Waals surface area contributed by atoms with Gasteiger partial charge in [0.05, 0.1) is 28.6 Å². The van der Waals surface area contributed by atoms with Crippen molar-refractivity contribution in [1.82, 2.24) is 5.43 Å². The van der Waals surface area contributed by atoms with Gasteiger partial charge in [-0.05, 0) is 50.2 Å². The van der Waals surface area contributed by atoms with E-state index in [4.69, 9.17) is 21.1 Å². The van der Waals surface area contributed by atoms with Gasteiger partial charge in [0.2, 0.25) is 0 Å². The number of halogens is 1. The van der Waals surface area contributed by atoms with E-state index in [1.165, 1.54) is 0 Å². The molecule has 0 unspecified atom stereocenters. The number of carbonyl (C=O) groups is 3. The number of anilines is 1. The Labute approximate surface area is 201 Å². The summed E-state index contributed by atoms with van der Waals surface area (Å²) in [6, 6.07) is 19.9. The minimum Gasteiger partial charge on any atom is -0.492 e. The van der Waals surface area contributed by atoms with Crippen LogP contribution in [-0.4, -0.2) is 30.1 Å². The molecule has 0 fully saturated rings. The lowest BCUT2D eigenvalue weighted by Crippen LogP contribution is -2.33. The Morgan fingerprint density at radius 2 is 1.47 bits per heavy atom. The van der Waals surface area contributed by atoms with Crippen LogP contribution in [0.4, 0.5) is 5.69 Å².